The van der Waals surface area contributed by atoms with Crippen LogP contribution in [0.2, 0.25) is 0 Å². The molecule has 0 radical (unpaired) electrons. The lowest BCUT2D eigenvalue weighted by atomic mass is 10.1. The SMILES string of the molecule is CCCCC/C=C/C/C=C/CCCCCCCCCC(C)=O. The molecule has 0 spiro atoms. The number of hydrogen-bond donors (Lipinski definition) is 0. The summed E-state index contributed by atoms with van der Waals surface area (Å²) in [5, 5.41) is 0. The second-order valence-electron chi connectivity index (χ2n) is 6.39. The summed E-state index contributed by atoms with van der Waals surface area (Å²) >= 11 is 0. The normalized spacial score (nSPS) is 11.7. The van der Waals surface area contributed by atoms with Crippen LogP contribution >= 0.6 is 0 Å². The summed E-state index contributed by atoms with van der Waals surface area (Å²) in [5.41, 5.74) is 0. The van der Waals surface area contributed by atoms with Gasteiger partial charge in [-0.3, -0.25) is 0 Å². The van der Waals surface area contributed by atoms with Gasteiger partial charge in [-0.05, 0) is 45.4 Å². The van der Waals surface area contributed by atoms with E-state index in [-0.39, 0.29) is 0 Å². The van der Waals surface area contributed by atoms with Crippen LogP contribution in [-0.2, 0) is 4.79 Å². The first-order chi connectivity index (χ1) is 10.8. The number of rotatable bonds is 16. The Bertz CT molecular complexity index is 288. The third-order valence-electron chi connectivity index (χ3n) is 3.98. The Morgan fingerprint density at radius 3 is 1.73 bits per heavy atom. The molecule has 0 amide bonds. The molecule has 1 nitrogen and oxygen atoms in total. The summed E-state index contributed by atoms with van der Waals surface area (Å²) < 4.78 is 0. The monoisotopic (exact) mass is 306 g/mol. The van der Waals surface area contributed by atoms with Crippen molar-refractivity contribution in [3.05, 3.63) is 24.3 Å². The molecule has 0 aromatic rings. The van der Waals surface area contributed by atoms with Crippen molar-refractivity contribution in [2.24, 2.45) is 0 Å². The summed E-state index contributed by atoms with van der Waals surface area (Å²) in [4.78, 5) is 10.8. The summed E-state index contributed by atoms with van der Waals surface area (Å²) in [6, 6.07) is 0. The van der Waals surface area contributed by atoms with E-state index in [1.807, 2.05) is 0 Å². The van der Waals surface area contributed by atoms with Crippen molar-refractivity contribution in [2.45, 2.75) is 104 Å². The minimum atomic E-state index is 0.336. The van der Waals surface area contributed by atoms with E-state index in [0.717, 1.165) is 19.3 Å². The molecule has 128 valence electrons. The van der Waals surface area contributed by atoms with Crippen LogP contribution in [-0.4, -0.2) is 5.78 Å². The van der Waals surface area contributed by atoms with Gasteiger partial charge in [0.1, 0.15) is 5.78 Å². The zero-order valence-electron chi connectivity index (χ0n) is 15.1. The molecule has 0 bridgehead atoms. The van der Waals surface area contributed by atoms with Crippen molar-refractivity contribution in [1.82, 2.24) is 0 Å². The van der Waals surface area contributed by atoms with E-state index in [1.54, 1.807) is 6.92 Å². The van der Waals surface area contributed by atoms with E-state index >= 15 is 0 Å². The fourth-order valence-corrected chi connectivity index (χ4v) is 2.54. The van der Waals surface area contributed by atoms with Gasteiger partial charge in [-0.15, -0.1) is 0 Å². The van der Waals surface area contributed by atoms with Crippen LogP contribution in [0.3, 0.4) is 0 Å². The van der Waals surface area contributed by atoms with E-state index in [4.69, 9.17) is 0 Å². The molecule has 0 aliphatic rings. The molecule has 0 rings (SSSR count). The van der Waals surface area contributed by atoms with Gasteiger partial charge in [0, 0.05) is 6.42 Å². The average molecular weight is 307 g/mol. The van der Waals surface area contributed by atoms with Crippen LogP contribution in [0.15, 0.2) is 24.3 Å². The highest BCUT2D eigenvalue weighted by molar-refractivity contribution is 5.75. The van der Waals surface area contributed by atoms with Crippen LogP contribution in [0.4, 0.5) is 0 Å². The first kappa shape index (κ1) is 21.1. The molecule has 0 aliphatic carbocycles. The average Bonchev–Trinajstić information content (AvgIpc) is 2.50. The van der Waals surface area contributed by atoms with E-state index < -0.39 is 0 Å². The maximum absolute atomic E-state index is 10.8. The standard InChI is InChI=1S/C21H38O/c1-3-4-5-6-7-8-9-10-11-12-13-14-15-16-17-18-19-20-21(2)22/h7-8,10-11H,3-6,9,12-20H2,1-2H3/b8-7+,11-10+. The lowest BCUT2D eigenvalue weighted by Crippen LogP contribution is -1.89. The Hall–Kier alpha value is -0.850. The second-order valence-corrected chi connectivity index (χ2v) is 6.39. The predicted octanol–water partition coefficient (Wildman–Crippen LogP) is 7.17. The molecule has 0 fully saturated rings. The minimum absolute atomic E-state index is 0.336. The van der Waals surface area contributed by atoms with E-state index in [9.17, 15) is 4.79 Å². The Morgan fingerprint density at radius 1 is 0.682 bits per heavy atom. The van der Waals surface area contributed by atoms with Crippen LogP contribution in [0.5, 0.6) is 0 Å². The maximum Gasteiger partial charge on any atom is 0.129 e. The number of Topliss-reactive ketones (excluding diaryl/α,β-unsaturated/α-hetero) is 1. The number of ketones is 1. The van der Waals surface area contributed by atoms with Gasteiger partial charge >= 0.3 is 0 Å². The first-order valence-electron chi connectivity index (χ1n) is 9.56. The Labute approximate surface area is 139 Å². The fraction of sp³-hybridized carbons (Fsp3) is 0.762. The molecule has 0 aromatic carbocycles. The molecule has 0 saturated carbocycles. The maximum atomic E-state index is 10.8. The largest absolute Gasteiger partial charge is 0.300 e. The molecule has 0 atom stereocenters. The fourth-order valence-electron chi connectivity index (χ4n) is 2.54. The molecular formula is C21H38O. The molecule has 22 heavy (non-hydrogen) atoms. The van der Waals surface area contributed by atoms with Crippen LogP contribution < -0.4 is 0 Å². The smallest absolute Gasteiger partial charge is 0.129 e. The highest BCUT2D eigenvalue weighted by Crippen LogP contribution is 2.10. The van der Waals surface area contributed by atoms with Gasteiger partial charge in [-0.1, -0.05) is 76.2 Å². The van der Waals surface area contributed by atoms with Crippen molar-refractivity contribution in [3.8, 4) is 0 Å². The van der Waals surface area contributed by atoms with Gasteiger partial charge in [0.05, 0.1) is 0 Å². The zero-order chi connectivity index (χ0) is 16.3. The molecule has 0 aromatic heterocycles. The Morgan fingerprint density at radius 2 is 1.18 bits per heavy atom. The van der Waals surface area contributed by atoms with Gasteiger partial charge in [0.2, 0.25) is 0 Å². The topological polar surface area (TPSA) is 17.1 Å². The number of unbranched alkanes of at least 4 members (excludes halogenated alkanes) is 10. The summed E-state index contributed by atoms with van der Waals surface area (Å²) in [6.45, 7) is 3.94. The van der Waals surface area contributed by atoms with Crippen molar-refractivity contribution >= 4 is 5.78 Å². The van der Waals surface area contributed by atoms with Crippen molar-refractivity contribution in [3.63, 3.8) is 0 Å². The number of carbonyl (C=O) groups is 1. The zero-order valence-corrected chi connectivity index (χ0v) is 15.1. The van der Waals surface area contributed by atoms with Crippen LogP contribution in [0.1, 0.15) is 104 Å². The summed E-state index contributed by atoms with van der Waals surface area (Å²) in [6.07, 6.45) is 26.6. The van der Waals surface area contributed by atoms with Crippen molar-refractivity contribution < 1.29 is 4.79 Å². The third-order valence-corrected chi connectivity index (χ3v) is 3.98. The van der Waals surface area contributed by atoms with Gasteiger partial charge < -0.3 is 4.79 Å². The predicted molar refractivity (Wildman–Crippen MR) is 99.3 cm³/mol. The third kappa shape index (κ3) is 19.1. The van der Waals surface area contributed by atoms with E-state index in [1.165, 1.54) is 70.6 Å². The number of carbonyl (C=O) groups excluding carboxylic acids is 1. The highest BCUT2D eigenvalue weighted by atomic mass is 16.1. The van der Waals surface area contributed by atoms with Crippen LogP contribution in [0, 0.1) is 0 Å². The Kier molecular flexibility index (Phi) is 17.5. The molecule has 0 saturated heterocycles. The van der Waals surface area contributed by atoms with E-state index in [0.29, 0.717) is 5.78 Å². The van der Waals surface area contributed by atoms with Gasteiger partial charge in [0.15, 0.2) is 0 Å². The number of allylic oxidation sites excluding steroid dienone is 4. The van der Waals surface area contributed by atoms with Gasteiger partial charge in [-0.2, -0.15) is 0 Å². The molecule has 0 unspecified atom stereocenters. The first-order valence-corrected chi connectivity index (χ1v) is 9.56. The Balaban J connectivity index is 3.15. The summed E-state index contributed by atoms with van der Waals surface area (Å²) in [5.74, 6) is 0.336. The molecule has 1 heteroatoms. The number of hydrogen-bond acceptors (Lipinski definition) is 1. The molecule has 0 N–H and O–H groups in total. The highest BCUT2D eigenvalue weighted by Gasteiger charge is 1.94. The lowest BCUT2D eigenvalue weighted by Gasteiger charge is -2.00. The van der Waals surface area contributed by atoms with Gasteiger partial charge in [0.25, 0.3) is 0 Å². The minimum Gasteiger partial charge on any atom is -0.300 e. The van der Waals surface area contributed by atoms with Crippen LogP contribution in [0.25, 0.3) is 0 Å². The van der Waals surface area contributed by atoms with E-state index in [2.05, 4.69) is 31.2 Å². The summed E-state index contributed by atoms with van der Waals surface area (Å²) in [7, 11) is 0. The van der Waals surface area contributed by atoms with Crippen molar-refractivity contribution in [1.29, 1.82) is 0 Å². The quantitative estimate of drug-likeness (QED) is 0.218. The second kappa shape index (κ2) is 18.2. The lowest BCUT2D eigenvalue weighted by molar-refractivity contribution is -0.117. The molecule has 0 aliphatic heterocycles. The van der Waals surface area contributed by atoms with Gasteiger partial charge in [-0.25, -0.2) is 0 Å². The van der Waals surface area contributed by atoms with Crippen molar-refractivity contribution in [2.75, 3.05) is 0 Å². The molecular weight excluding hydrogens is 268 g/mol. The molecule has 0 heterocycles.